The second-order valence-electron chi connectivity index (χ2n) is 8.07. The molecule has 0 aromatic heterocycles. The number of aliphatic imine (C=N–C) groups is 1. The number of anilines is 1. The van der Waals surface area contributed by atoms with Crippen molar-refractivity contribution in [2.24, 2.45) is 4.99 Å². The molecule has 1 heterocycles. The highest BCUT2D eigenvalue weighted by molar-refractivity contribution is 5.97. The predicted octanol–water partition coefficient (Wildman–Crippen LogP) is 1.45. The number of para-hydroxylation sites is 1. The number of likely N-dealkylation sites (N-methyl/N-ethyl adjacent to an activating group) is 1. The zero-order valence-corrected chi connectivity index (χ0v) is 19.0. The van der Waals surface area contributed by atoms with Crippen molar-refractivity contribution in [1.82, 2.24) is 20.9 Å². The highest BCUT2D eigenvalue weighted by Gasteiger charge is 2.31. The van der Waals surface area contributed by atoms with Gasteiger partial charge in [0.1, 0.15) is 0 Å². The molecule has 8 nitrogen and oxygen atoms in total. The van der Waals surface area contributed by atoms with Crippen LogP contribution in [-0.2, 0) is 11.3 Å². The van der Waals surface area contributed by atoms with Crippen molar-refractivity contribution in [2.75, 3.05) is 45.7 Å². The third-order valence-electron chi connectivity index (χ3n) is 5.25. The van der Waals surface area contributed by atoms with Gasteiger partial charge < -0.3 is 25.8 Å². The average Bonchev–Trinajstić information content (AvgIpc) is 3.17. The fourth-order valence-electron chi connectivity index (χ4n) is 3.55. The van der Waals surface area contributed by atoms with Gasteiger partial charge in [-0.15, -0.1) is 0 Å². The van der Waals surface area contributed by atoms with Crippen LogP contribution in [0.2, 0.25) is 0 Å². The third-order valence-corrected chi connectivity index (χ3v) is 5.25. The Kier molecular flexibility index (Phi) is 8.21. The normalized spacial score (nSPS) is 16.4. The van der Waals surface area contributed by atoms with Gasteiger partial charge in [-0.3, -0.25) is 14.6 Å². The lowest BCUT2D eigenvalue weighted by Gasteiger charge is -2.19. The Labute approximate surface area is 189 Å². The van der Waals surface area contributed by atoms with E-state index in [9.17, 15) is 9.59 Å². The maximum atomic E-state index is 12.4. The minimum atomic E-state index is -0.0818. The Morgan fingerprint density at radius 3 is 2.62 bits per heavy atom. The first-order valence-corrected chi connectivity index (χ1v) is 10.8. The number of nitrogens with one attached hydrogen (secondary N) is 3. The summed E-state index contributed by atoms with van der Waals surface area (Å²) in [6, 6.07) is 17.2. The molecule has 2 amide bonds. The zero-order chi connectivity index (χ0) is 22.9. The summed E-state index contributed by atoms with van der Waals surface area (Å²) >= 11 is 0. The van der Waals surface area contributed by atoms with E-state index in [1.54, 1.807) is 11.9 Å². The maximum Gasteiger partial charge on any atom is 0.251 e. The Morgan fingerprint density at radius 1 is 1.12 bits per heavy atom. The summed E-state index contributed by atoms with van der Waals surface area (Å²) < 4.78 is 0. The number of benzene rings is 2. The fourth-order valence-corrected chi connectivity index (χ4v) is 3.55. The molecule has 2 aromatic carbocycles. The minimum absolute atomic E-state index is 0.0253. The van der Waals surface area contributed by atoms with Crippen molar-refractivity contribution in [2.45, 2.75) is 19.0 Å². The Balaban J connectivity index is 1.51. The zero-order valence-electron chi connectivity index (χ0n) is 19.0. The van der Waals surface area contributed by atoms with Gasteiger partial charge in [0.2, 0.25) is 5.91 Å². The summed E-state index contributed by atoms with van der Waals surface area (Å²) in [6.07, 6.45) is 0.415. The first-order chi connectivity index (χ1) is 15.5. The van der Waals surface area contributed by atoms with Gasteiger partial charge in [-0.25, -0.2) is 0 Å². The Hall–Kier alpha value is -3.39. The molecular formula is C24H32N6O2. The lowest BCUT2D eigenvalue weighted by atomic mass is 10.1. The van der Waals surface area contributed by atoms with Crippen LogP contribution in [0.4, 0.5) is 5.69 Å². The van der Waals surface area contributed by atoms with Crippen LogP contribution in [-0.4, -0.2) is 69.5 Å². The standard InChI is InChI=1S/C24H32N6O2/c1-25-24(28-20-15-22(31)30(17-20)21-10-5-4-6-11-21)27-16-18-8-7-9-19(14-18)23(32)26-12-13-29(2)3/h4-11,14,20H,12-13,15-17H2,1-3H3,(H,26,32)(H2,25,27,28). The molecule has 0 aliphatic carbocycles. The smallest absolute Gasteiger partial charge is 0.251 e. The average molecular weight is 437 g/mol. The number of guanidine groups is 1. The van der Waals surface area contributed by atoms with Crippen LogP contribution < -0.4 is 20.9 Å². The largest absolute Gasteiger partial charge is 0.352 e. The highest BCUT2D eigenvalue weighted by Crippen LogP contribution is 2.20. The van der Waals surface area contributed by atoms with E-state index in [2.05, 4.69) is 20.9 Å². The highest BCUT2D eigenvalue weighted by atomic mass is 16.2. The summed E-state index contributed by atoms with van der Waals surface area (Å²) in [5.41, 5.74) is 2.51. The first kappa shape index (κ1) is 23.3. The van der Waals surface area contributed by atoms with Crippen LogP contribution >= 0.6 is 0 Å². The van der Waals surface area contributed by atoms with E-state index in [1.165, 1.54) is 0 Å². The summed E-state index contributed by atoms with van der Waals surface area (Å²) in [4.78, 5) is 32.9. The summed E-state index contributed by atoms with van der Waals surface area (Å²) in [5, 5.41) is 9.54. The summed E-state index contributed by atoms with van der Waals surface area (Å²) in [5.74, 6) is 0.636. The van der Waals surface area contributed by atoms with Gasteiger partial charge in [-0.05, 0) is 43.9 Å². The minimum Gasteiger partial charge on any atom is -0.352 e. The maximum absolute atomic E-state index is 12.4. The predicted molar refractivity (Wildman–Crippen MR) is 128 cm³/mol. The van der Waals surface area contributed by atoms with Gasteiger partial charge in [0.25, 0.3) is 5.91 Å². The molecule has 3 rings (SSSR count). The molecule has 1 unspecified atom stereocenters. The van der Waals surface area contributed by atoms with Gasteiger partial charge in [-0.1, -0.05) is 30.3 Å². The van der Waals surface area contributed by atoms with E-state index >= 15 is 0 Å². The van der Waals surface area contributed by atoms with Crippen molar-refractivity contribution < 1.29 is 9.59 Å². The topological polar surface area (TPSA) is 89.1 Å². The van der Waals surface area contributed by atoms with Crippen LogP contribution in [0.25, 0.3) is 0 Å². The number of carbonyl (C=O) groups excluding carboxylic acids is 2. The van der Waals surface area contributed by atoms with E-state index < -0.39 is 0 Å². The number of nitrogens with zero attached hydrogens (tertiary/aromatic N) is 3. The van der Waals surface area contributed by atoms with Gasteiger partial charge in [0, 0.05) is 50.9 Å². The first-order valence-electron chi connectivity index (χ1n) is 10.8. The molecule has 8 heteroatoms. The number of hydrogen-bond acceptors (Lipinski definition) is 4. The summed E-state index contributed by atoms with van der Waals surface area (Å²) in [7, 11) is 5.65. The van der Waals surface area contributed by atoms with E-state index in [0.717, 1.165) is 17.8 Å². The molecule has 1 atom stereocenters. The van der Waals surface area contributed by atoms with Crippen molar-refractivity contribution in [3.63, 3.8) is 0 Å². The van der Waals surface area contributed by atoms with Gasteiger partial charge in [0.05, 0.1) is 6.04 Å². The second-order valence-corrected chi connectivity index (χ2v) is 8.07. The molecule has 0 radical (unpaired) electrons. The van der Waals surface area contributed by atoms with Crippen molar-refractivity contribution in [3.8, 4) is 0 Å². The quantitative estimate of drug-likeness (QED) is 0.431. The molecule has 0 bridgehead atoms. The molecule has 1 aliphatic heterocycles. The number of rotatable bonds is 8. The molecule has 1 aliphatic rings. The molecule has 2 aromatic rings. The fraction of sp³-hybridized carbons (Fsp3) is 0.375. The van der Waals surface area contributed by atoms with Crippen LogP contribution in [0.1, 0.15) is 22.3 Å². The lowest BCUT2D eigenvalue weighted by molar-refractivity contribution is -0.117. The Morgan fingerprint density at radius 2 is 1.91 bits per heavy atom. The second kappa shape index (κ2) is 11.3. The molecule has 3 N–H and O–H groups in total. The third kappa shape index (κ3) is 6.55. The van der Waals surface area contributed by atoms with Crippen LogP contribution in [0.3, 0.4) is 0 Å². The van der Waals surface area contributed by atoms with Crippen LogP contribution in [0.5, 0.6) is 0 Å². The van der Waals surface area contributed by atoms with Gasteiger partial charge in [-0.2, -0.15) is 0 Å². The molecule has 170 valence electrons. The number of carbonyl (C=O) groups is 2. The lowest BCUT2D eigenvalue weighted by Crippen LogP contribution is -2.44. The molecule has 1 saturated heterocycles. The Bertz CT molecular complexity index is 945. The molecule has 32 heavy (non-hydrogen) atoms. The van der Waals surface area contributed by atoms with E-state index in [0.29, 0.717) is 37.6 Å². The van der Waals surface area contributed by atoms with E-state index in [4.69, 9.17) is 0 Å². The van der Waals surface area contributed by atoms with Gasteiger partial charge in [0.15, 0.2) is 5.96 Å². The molecule has 1 fully saturated rings. The van der Waals surface area contributed by atoms with Crippen LogP contribution in [0.15, 0.2) is 59.6 Å². The molecule has 0 spiro atoms. The van der Waals surface area contributed by atoms with Crippen molar-refractivity contribution in [1.29, 1.82) is 0 Å². The van der Waals surface area contributed by atoms with Gasteiger partial charge >= 0.3 is 0 Å². The van der Waals surface area contributed by atoms with Crippen molar-refractivity contribution in [3.05, 3.63) is 65.7 Å². The van der Waals surface area contributed by atoms with E-state index in [-0.39, 0.29) is 17.9 Å². The van der Waals surface area contributed by atoms with Crippen molar-refractivity contribution >= 4 is 23.5 Å². The van der Waals surface area contributed by atoms with Crippen LogP contribution in [0, 0.1) is 0 Å². The number of hydrogen-bond donors (Lipinski definition) is 3. The molecule has 0 saturated carbocycles. The van der Waals surface area contributed by atoms with E-state index in [1.807, 2.05) is 73.6 Å². The summed E-state index contributed by atoms with van der Waals surface area (Å²) in [6.45, 7) is 2.50. The monoisotopic (exact) mass is 436 g/mol. The molecular weight excluding hydrogens is 404 g/mol. The number of amides is 2. The SMILES string of the molecule is CN=C(NCc1cccc(C(=O)NCCN(C)C)c1)NC1CC(=O)N(c2ccccc2)C1.